The molecular weight excluding hydrogens is 330 g/mol. The monoisotopic (exact) mass is 349 g/mol. The number of carbonyl (C=O) groups excluding carboxylic acids is 1. The van der Waals surface area contributed by atoms with Gasteiger partial charge in [0.05, 0.1) is 0 Å². The van der Waals surface area contributed by atoms with E-state index in [0.717, 1.165) is 22.8 Å². The molecule has 1 aliphatic rings. The molecule has 118 valence electrons. The second-order valence-corrected chi connectivity index (χ2v) is 8.58. The fraction of sp³-hybridized carbons (Fsp3) is 0.583. The van der Waals surface area contributed by atoms with Crippen LogP contribution in [0.25, 0.3) is 0 Å². The Kier molecular flexibility index (Phi) is 6.06. The fourth-order valence-electron chi connectivity index (χ4n) is 1.98. The van der Waals surface area contributed by atoms with Crippen LogP contribution in [-0.2, 0) is 10.0 Å². The van der Waals surface area contributed by atoms with Crippen molar-refractivity contribution in [2.24, 2.45) is 5.73 Å². The summed E-state index contributed by atoms with van der Waals surface area (Å²) in [5, 5.41) is 4.35. The van der Waals surface area contributed by atoms with E-state index in [1.807, 2.05) is 0 Å². The second-order valence-electron chi connectivity index (χ2n) is 4.53. The molecule has 1 fully saturated rings. The molecule has 0 atom stereocenters. The maximum Gasteiger partial charge on any atom is 0.262 e. The van der Waals surface area contributed by atoms with E-state index in [0.29, 0.717) is 32.6 Å². The number of thioether (sulfide) groups is 1. The zero-order valence-electron chi connectivity index (χ0n) is 11.6. The number of hydrogen-bond acceptors (Lipinski definition) is 6. The van der Waals surface area contributed by atoms with E-state index in [9.17, 15) is 13.2 Å². The summed E-state index contributed by atoms with van der Waals surface area (Å²) in [4.78, 5) is 12.5. The summed E-state index contributed by atoms with van der Waals surface area (Å²) in [6.45, 7) is 1.93. The van der Waals surface area contributed by atoms with Crippen molar-refractivity contribution in [3.63, 3.8) is 0 Å². The molecule has 0 saturated carbocycles. The quantitative estimate of drug-likeness (QED) is 0.732. The summed E-state index contributed by atoms with van der Waals surface area (Å²) in [7, 11) is -3.58. The lowest BCUT2D eigenvalue weighted by molar-refractivity contribution is 0.0954. The largest absolute Gasteiger partial charge is 0.351 e. The van der Waals surface area contributed by atoms with E-state index < -0.39 is 10.0 Å². The Hall–Kier alpha value is -0.610. The molecule has 6 nitrogen and oxygen atoms in total. The Morgan fingerprint density at radius 2 is 2.10 bits per heavy atom. The predicted molar refractivity (Wildman–Crippen MR) is 86.4 cm³/mol. The molecule has 0 bridgehead atoms. The molecule has 2 heterocycles. The first-order valence-corrected chi connectivity index (χ1v) is 10.2. The summed E-state index contributed by atoms with van der Waals surface area (Å²) in [5.74, 6) is 1.24. The average Bonchev–Trinajstić information content (AvgIpc) is 2.98. The van der Waals surface area contributed by atoms with Gasteiger partial charge in [0.15, 0.2) is 0 Å². The van der Waals surface area contributed by atoms with Gasteiger partial charge in [0, 0.05) is 31.1 Å². The van der Waals surface area contributed by atoms with Gasteiger partial charge in [-0.25, -0.2) is 8.42 Å². The summed E-state index contributed by atoms with van der Waals surface area (Å²) in [6.07, 6.45) is 0.669. The van der Waals surface area contributed by atoms with Crippen molar-refractivity contribution in [3.05, 3.63) is 16.3 Å². The summed E-state index contributed by atoms with van der Waals surface area (Å²) in [6, 6.07) is 1.51. The second kappa shape index (κ2) is 7.59. The van der Waals surface area contributed by atoms with E-state index in [1.165, 1.54) is 10.4 Å². The van der Waals surface area contributed by atoms with Gasteiger partial charge in [0.1, 0.15) is 9.77 Å². The van der Waals surface area contributed by atoms with Crippen LogP contribution in [0.1, 0.15) is 16.1 Å². The molecule has 0 spiro atoms. The van der Waals surface area contributed by atoms with Gasteiger partial charge < -0.3 is 11.1 Å². The number of hydrogen-bond donors (Lipinski definition) is 2. The van der Waals surface area contributed by atoms with Crippen LogP contribution in [-0.4, -0.2) is 56.3 Å². The third kappa shape index (κ3) is 3.98. The van der Waals surface area contributed by atoms with Crippen molar-refractivity contribution in [2.75, 3.05) is 37.7 Å². The molecule has 1 aromatic heterocycles. The zero-order chi connectivity index (χ0) is 15.3. The normalized spacial score (nSPS) is 16.8. The molecule has 1 amide bonds. The first-order chi connectivity index (χ1) is 10.1. The van der Waals surface area contributed by atoms with Crippen molar-refractivity contribution in [2.45, 2.75) is 11.3 Å². The van der Waals surface area contributed by atoms with Gasteiger partial charge >= 0.3 is 0 Å². The Bertz CT molecular complexity index is 580. The average molecular weight is 350 g/mol. The molecule has 2 rings (SSSR count). The van der Waals surface area contributed by atoms with Gasteiger partial charge in [0.2, 0.25) is 10.0 Å². The van der Waals surface area contributed by atoms with Gasteiger partial charge in [-0.1, -0.05) is 0 Å². The fourth-order valence-corrected chi connectivity index (χ4v) is 5.87. The summed E-state index contributed by atoms with van der Waals surface area (Å²) in [5.41, 5.74) is 5.38. The smallest absolute Gasteiger partial charge is 0.262 e. The molecule has 0 aromatic carbocycles. The summed E-state index contributed by atoms with van der Waals surface area (Å²) < 4.78 is 26.7. The van der Waals surface area contributed by atoms with Crippen LogP contribution in [0.5, 0.6) is 0 Å². The first kappa shape index (κ1) is 16.8. The number of nitrogens with zero attached hydrogens (tertiary/aromatic N) is 1. The van der Waals surface area contributed by atoms with Crippen molar-refractivity contribution in [1.82, 2.24) is 9.62 Å². The van der Waals surface area contributed by atoms with E-state index in [1.54, 1.807) is 17.1 Å². The van der Waals surface area contributed by atoms with Gasteiger partial charge in [-0.15, -0.1) is 11.3 Å². The van der Waals surface area contributed by atoms with Crippen molar-refractivity contribution >= 4 is 39.0 Å². The van der Waals surface area contributed by atoms with Crippen molar-refractivity contribution in [1.29, 1.82) is 0 Å². The number of sulfonamides is 1. The third-order valence-corrected chi connectivity index (χ3v) is 7.02. The number of amides is 1. The van der Waals surface area contributed by atoms with Crippen molar-refractivity contribution in [3.8, 4) is 0 Å². The maximum atomic E-state index is 12.6. The van der Waals surface area contributed by atoms with Crippen LogP contribution in [0.4, 0.5) is 0 Å². The Morgan fingerprint density at radius 3 is 2.76 bits per heavy atom. The van der Waals surface area contributed by atoms with Gasteiger partial charge in [-0.3, -0.25) is 4.79 Å². The number of thiophene rings is 1. The van der Waals surface area contributed by atoms with Crippen LogP contribution >= 0.6 is 23.1 Å². The topological polar surface area (TPSA) is 92.5 Å². The summed E-state index contributed by atoms with van der Waals surface area (Å²) >= 11 is 2.89. The minimum atomic E-state index is -3.58. The molecule has 0 unspecified atom stereocenters. The van der Waals surface area contributed by atoms with Crippen LogP contribution in [0, 0.1) is 0 Å². The number of nitrogens with one attached hydrogen (secondary N) is 1. The Balaban J connectivity index is 2.16. The first-order valence-electron chi connectivity index (χ1n) is 6.71. The molecule has 9 heteroatoms. The van der Waals surface area contributed by atoms with Gasteiger partial charge in [-0.05, 0) is 24.4 Å². The molecule has 1 aromatic rings. The number of nitrogens with two attached hydrogens (primary N) is 1. The van der Waals surface area contributed by atoms with Gasteiger partial charge in [0.25, 0.3) is 5.91 Å². The predicted octanol–water partition coefficient (Wildman–Crippen LogP) is 0.564. The molecule has 21 heavy (non-hydrogen) atoms. The Labute approximate surface area is 133 Å². The SMILES string of the molecule is NCCCNC(=O)c1sccc1S(=O)(=O)N1CCSCC1. The van der Waals surface area contributed by atoms with Crippen molar-refractivity contribution < 1.29 is 13.2 Å². The highest BCUT2D eigenvalue weighted by Crippen LogP contribution is 2.26. The minimum absolute atomic E-state index is 0.115. The molecule has 3 N–H and O–H groups in total. The Morgan fingerprint density at radius 1 is 1.38 bits per heavy atom. The maximum absolute atomic E-state index is 12.6. The highest BCUT2D eigenvalue weighted by atomic mass is 32.2. The van der Waals surface area contributed by atoms with E-state index in [2.05, 4.69) is 5.32 Å². The number of carbonyl (C=O) groups is 1. The van der Waals surface area contributed by atoms with E-state index in [4.69, 9.17) is 5.73 Å². The lowest BCUT2D eigenvalue weighted by atomic mass is 10.4. The van der Waals surface area contributed by atoms with Crippen LogP contribution in [0.3, 0.4) is 0 Å². The molecule has 0 aliphatic carbocycles. The third-order valence-electron chi connectivity index (χ3n) is 3.09. The zero-order valence-corrected chi connectivity index (χ0v) is 14.0. The van der Waals surface area contributed by atoms with Gasteiger partial charge in [-0.2, -0.15) is 16.1 Å². The lowest BCUT2D eigenvalue weighted by Gasteiger charge is -2.25. The molecule has 0 radical (unpaired) electrons. The lowest BCUT2D eigenvalue weighted by Crippen LogP contribution is -2.38. The van der Waals surface area contributed by atoms with Crippen LogP contribution < -0.4 is 11.1 Å². The standard InChI is InChI=1S/C12H19N3O3S3/c13-3-1-4-14-12(16)11-10(2-7-20-11)21(17,18)15-5-8-19-9-6-15/h2,7H,1,3-6,8-9,13H2,(H,14,16). The molecule has 1 aliphatic heterocycles. The molecule has 1 saturated heterocycles. The highest BCUT2D eigenvalue weighted by Gasteiger charge is 2.30. The van der Waals surface area contributed by atoms with Crippen LogP contribution in [0.15, 0.2) is 16.3 Å². The van der Waals surface area contributed by atoms with E-state index in [-0.39, 0.29) is 15.7 Å². The van der Waals surface area contributed by atoms with Crippen LogP contribution in [0.2, 0.25) is 0 Å². The number of rotatable bonds is 6. The molecular formula is C12H19N3O3S3. The highest BCUT2D eigenvalue weighted by molar-refractivity contribution is 7.99. The van der Waals surface area contributed by atoms with E-state index >= 15 is 0 Å². The minimum Gasteiger partial charge on any atom is -0.351 e.